The summed E-state index contributed by atoms with van der Waals surface area (Å²) in [6.07, 6.45) is 3.20. The average Bonchev–Trinajstić information content (AvgIpc) is 2.54. The topological polar surface area (TPSA) is 38.4 Å². The highest BCUT2D eigenvalue weighted by atomic mass is 32.2. The average molecular weight is 310 g/mol. The second-order valence-electron chi connectivity index (χ2n) is 6.11. The Morgan fingerprint density at radius 1 is 1.09 bits per heavy atom. The number of rotatable bonds is 4. The van der Waals surface area contributed by atoms with Crippen LogP contribution in [-0.4, -0.2) is 16.5 Å². The minimum absolute atomic E-state index is 0.00190. The predicted octanol–water partition coefficient (Wildman–Crippen LogP) is 4.50. The number of benzene rings is 2. The van der Waals surface area contributed by atoms with Crippen LogP contribution in [0.2, 0.25) is 0 Å². The van der Waals surface area contributed by atoms with Crippen molar-refractivity contribution >= 4 is 16.9 Å². The van der Waals surface area contributed by atoms with Crippen molar-refractivity contribution in [3.8, 4) is 11.1 Å². The zero-order valence-corrected chi connectivity index (χ0v) is 13.8. The maximum Gasteiger partial charge on any atom is 0.154 e. The molecule has 2 aromatic rings. The van der Waals surface area contributed by atoms with Gasteiger partial charge in [-0.1, -0.05) is 66.4 Å². The van der Waals surface area contributed by atoms with Gasteiger partial charge < -0.3 is 5.73 Å². The molecular formula is C19H22N2S. The van der Waals surface area contributed by atoms with E-state index in [0.29, 0.717) is 0 Å². The number of amidine groups is 1. The highest BCUT2D eigenvalue weighted by Crippen LogP contribution is 2.30. The van der Waals surface area contributed by atoms with Gasteiger partial charge in [-0.2, -0.15) is 0 Å². The van der Waals surface area contributed by atoms with Crippen LogP contribution in [-0.2, 0) is 6.42 Å². The second-order valence-corrected chi connectivity index (χ2v) is 7.23. The largest absolute Gasteiger partial charge is 0.379 e. The number of thioether (sulfide) groups is 1. The minimum Gasteiger partial charge on any atom is -0.379 e. The SMILES string of the molecule is C[C@@]1(CCc2cccc(-c3ccccc3)c2)CCSC(N)=N1. The van der Waals surface area contributed by atoms with E-state index in [-0.39, 0.29) is 5.54 Å². The highest BCUT2D eigenvalue weighted by Gasteiger charge is 2.26. The molecule has 0 aromatic heterocycles. The van der Waals surface area contributed by atoms with Crippen molar-refractivity contribution < 1.29 is 0 Å². The first-order valence-electron chi connectivity index (χ1n) is 7.77. The summed E-state index contributed by atoms with van der Waals surface area (Å²) in [6, 6.07) is 19.4. The first-order chi connectivity index (χ1) is 10.6. The van der Waals surface area contributed by atoms with Crippen LogP contribution in [0.25, 0.3) is 11.1 Å². The summed E-state index contributed by atoms with van der Waals surface area (Å²) in [5.41, 5.74) is 9.81. The zero-order chi connectivity index (χ0) is 15.4. The molecule has 0 spiro atoms. The van der Waals surface area contributed by atoms with Gasteiger partial charge in [-0.05, 0) is 42.9 Å². The van der Waals surface area contributed by atoms with E-state index in [2.05, 4.69) is 66.5 Å². The monoisotopic (exact) mass is 310 g/mol. The summed E-state index contributed by atoms with van der Waals surface area (Å²) in [5.74, 6) is 1.08. The Balaban J connectivity index is 1.73. The van der Waals surface area contributed by atoms with E-state index >= 15 is 0 Å². The summed E-state index contributed by atoms with van der Waals surface area (Å²) in [6.45, 7) is 2.22. The molecular weight excluding hydrogens is 288 g/mol. The van der Waals surface area contributed by atoms with Crippen LogP contribution in [0.15, 0.2) is 59.6 Å². The minimum atomic E-state index is -0.00190. The second kappa shape index (κ2) is 6.57. The van der Waals surface area contributed by atoms with Crippen molar-refractivity contribution in [3.63, 3.8) is 0 Å². The molecule has 2 aromatic carbocycles. The Morgan fingerprint density at radius 2 is 1.86 bits per heavy atom. The van der Waals surface area contributed by atoms with Crippen molar-refractivity contribution in [2.75, 3.05) is 5.75 Å². The Labute approximate surface area is 136 Å². The Bertz CT molecular complexity index is 666. The third-order valence-corrected chi connectivity index (χ3v) is 5.05. The van der Waals surface area contributed by atoms with E-state index in [9.17, 15) is 0 Å². The van der Waals surface area contributed by atoms with Gasteiger partial charge in [0, 0.05) is 5.75 Å². The van der Waals surface area contributed by atoms with Crippen molar-refractivity contribution in [3.05, 3.63) is 60.2 Å². The molecule has 3 rings (SSSR count). The predicted molar refractivity (Wildman–Crippen MR) is 97.3 cm³/mol. The quantitative estimate of drug-likeness (QED) is 0.903. The smallest absolute Gasteiger partial charge is 0.154 e. The molecule has 0 saturated carbocycles. The number of nitrogens with two attached hydrogens (primary N) is 1. The summed E-state index contributed by atoms with van der Waals surface area (Å²) >= 11 is 1.67. The molecule has 0 radical (unpaired) electrons. The lowest BCUT2D eigenvalue weighted by Gasteiger charge is -2.29. The van der Waals surface area contributed by atoms with E-state index in [1.165, 1.54) is 16.7 Å². The number of aryl methyl sites for hydroxylation is 1. The highest BCUT2D eigenvalue weighted by molar-refractivity contribution is 8.13. The van der Waals surface area contributed by atoms with Gasteiger partial charge >= 0.3 is 0 Å². The maximum atomic E-state index is 5.89. The molecule has 2 nitrogen and oxygen atoms in total. The molecule has 3 heteroatoms. The Hall–Kier alpha value is -1.74. The molecule has 1 heterocycles. The van der Waals surface area contributed by atoms with E-state index in [0.717, 1.165) is 30.2 Å². The summed E-state index contributed by atoms with van der Waals surface area (Å²) in [4.78, 5) is 4.67. The Kier molecular flexibility index (Phi) is 4.53. The fraction of sp³-hybridized carbons (Fsp3) is 0.316. The molecule has 2 N–H and O–H groups in total. The lowest BCUT2D eigenvalue weighted by Crippen LogP contribution is -2.31. The molecule has 0 bridgehead atoms. The molecule has 1 aliphatic rings. The number of nitrogens with zero attached hydrogens (tertiary/aromatic N) is 1. The van der Waals surface area contributed by atoms with E-state index < -0.39 is 0 Å². The molecule has 22 heavy (non-hydrogen) atoms. The van der Waals surface area contributed by atoms with Crippen molar-refractivity contribution in [1.29, 1.82) is 0 Å². The fourth-order valence-corrected chi connectivity index (χ4v) is 3.90. The summed E-state index contributed by atoms with van der Waals surface area (Å²) in [7, 11) is 0. The molecule has 0 fully saturated rings. The van der Waals surface area contributed by atoms with E-state index in [1.807, 2.05) is 0 Å². The van der Waals surface area contributed by atoms with Gasteiger partial charge in [0.05, 0.1) is 5.54 Å². The van der Waals surface area contributed by atoms with Gasteiger partial charge in [-0.3, -0.25) is 4.99 Å². The number of aliphatic imine (C=N–C) groups is 1. The molecule has 0 aliphatic carbocycles. The molecule has 0 amide bonds. The molecule has 1 atom stereocenters. The van der Waals surface area contributed by atoms with Gasteiger partial charge in [-0.25, -0.2) is 0 Å². The van der Waals surface area contributed by atoms with Crippen LogP contribution in [0.1, 0.15) is 25.3 Å². The zero-order valence-electron chi connectivity index (χ0n) is 13.0. The first kappa shape index (κ1) is 15.2. The maximum absolute atomic E-state index is 5.89. The van der Waals surface area contributed by atoms with Gasteiger partial charge in [0.2, 0.25) is 0 Å². The van der Waals surface area contributed by atoms with Crippen molar-refractivity contribution in [2.24, 2.45) is 10.7 Å². The molecule has 0 saturated heterocycles. The van der Waals surface area contributed by atoms with Crippen LogP contribution in [0, 0.1) is 0 Å². The van der Waals surface area contributed by atoms with Crippen molar-refractivity contribution in [2.45, 2.75) is 31.7 Å². The summed E-state index contributed by atoms with van der Waals surface area (Å²) in [5, 5.41) is 0.742. The number of hydrogen-bond donors (Lipinski definition) is 1. The van der Waals surface area contributed by atoms with E-state index in [4.69, 9.17) is 5.73 Å². The standard InChI is InChI=1S/C19H22N2S/c1-19(12-13-22-18(20)21-19)11-10-15-6-5-9-17(14-15)16-7-3-2-4-8-16/h2-9,14H,10-13H2,1H3,(H2,20,21)/t19-/m1/s1. The lowest BCUT2D eigenvalue weighted by molar-refractivity contribution is 0.423. The van der Waals surface area contributed by atoms with Gasteiger partial charge in [0.25, 0.3) is 0 Å². The lowest BCUT2D eigenvalue weighted by atomic mass is 9.90. The van der Waals surface area contributed by atoms with Gasteiger partial charge in [0.1, 0.15) is 0 Å². The van der Waals surface area contributed by atoms with Gasteiger partial charge in [0.15, 0.2) is 5.17 Å². The normalized spacial score (nSPS) is 21.4. The first-order valence-corrected chi connectivity index (χ1v) is 8.76. The van der Waals surface area contributed by atoms with E-state index in [1.54, 1.807) is 11.8 Å². The Morgan fingerprint density at radius 3 is 2.64 bits per heavy atom. The van der Waals surface area contributed by atoms with Gasteiger partial charge in [-0.15, -0.1) is 0 Å². The van der Waals surface area contributed by atoms with Crippen LogP contribution < -0.4 is 5.73 Å². The molecule has 114 valence electrons. The third kappa shape index (κ3) is 3.72. The number of hydrogen-bond acceptors (Lipinski definition) is 3. The third-order valence-electron chi connectivity index (χ3n) is 4.26. The van der Waals surface area contributed by atoms with Crippen LogP contribution in [0.4, 0.5) is 0 Å². The molecule has 1 aliphatic heterocycles. The van der Waals surface area contributed by atoms with Crippen LogP contribution >= 0.6 is 11.8 Å². The molecule has 0 unspecified atom stereocenters. The fourth-order valence-electron chi connectivity index (χ4n) is 2.86. The van der Waals surface area contributed by atoms with Crippen LogP contribution in [0.5, 0.6) is 0 Å². The van der Waals surface area contributed by atoms with Crippen molar-refractivity contribution in [1.82, 2.24) is 0 Å². The van der Waals surface area contributed by atoms with Crippen LogP contribution in [0.3, 0.4) is 0 Å². The summed E-state index contributed by atoms with van der Waals surface area (Å²) < 4.78 is 0.